The first kappa shape index (κ1) is 8.77. The molecule has 1 heterocycles. The van der Waals surface area contributed by atoms with Gasteiger partial charge in [-0.05, 0) is 13.3 Å². The second-order valence-corrected chi connectivity index (χ2v) is 2.75. The molecule has 0 radical (unpaired) electrons. The van der Waals surface area contributed by atoms with Crippen molar-refractivity contribution < 1.29 is 0 Å². The molecule has 0 saturated heterocycles. The van der Waals surface area contributed by atoms with Crippen molar-refractivity contribution in [2.45, 2.75) is 20.3 Å². The van der Waals surface area contributed by atoms with Crippen LogP contribution in [0.5, 0.6) is 0 Å². The van der Waals surface area contributed by atoms with E-state index in [4.69, 9.17) is 0 Å². The topological polar surface area (TPSA) is 54.9 Å². The number of aryl methyl sites for hydroxylation is 1. The molecule has 0 spiro atoms. The minimum Gasteiger partial charge on any atom is -0.311 e. The van der Waals surface area contributed by atoms with Crippen LogP contribution in [-0.4, -0.2) is 9.55 Å². The lowest BCUT2D eigenvalue weighted by Gasteiger charge is -2.03. The third-order valence-corrected chi connectivity index (χ3v) is 1.99. The number of nitrogens with one attached hydrogen (secondary N) is 1. The minimum absolute atomic E-state index is 0.212. The summed E-state index contributed by atoms with van der Waals surface area (Å²) in [6, 6.07) is 0. The fourth-order valence-electron chi connectivity index (χ4n) is 1.13. The molecular formula is C8H12N2O2. The molecule has 0 saturated carbocycles. The van der Waals surface area contributed by atoms with Gasteiger partial charge < -0.3 is 4.98 Å². The van der Waals surface area contributed by atoms with Crippen molar-refractivity contribution in [1.29, 1.82) is 0 Å². The molecule has 0 fully saturated rings. The standard InChI is InChI=1S/C8H12N2O2/c1-4-6-5(2)7(11)10(3)8(12)9-6/h4H2,1-3H3,(H,9,12). The van der Waals surface area contributed by atoms with Crippen LogP contribution in [0.15, 0.2) is 9.59 Å². The molecule has 12 heavy (non-hydrogen) atoms. The number of aromatic amines is 1. The molecular weight excluding hydrogens is 156 g/mol. The Bertz CT molecular complexity index is 400. The van der Waals surface area contributed by atoms with Gasteiger partial charge in [0.2, 0.25) is 0 Å². The van der Waals surface area contributed by atoms with Crippen LogP contribution in [0.2, 0.25) is 0 Å². The Morgan fingerprint density at radius 3 is 2.50 bits per heavy atom. The van der Waals surface area contributed by atoms with Crippen LogP contribution in [0.3, 0.4) is 0 Å². The second-order valence-electron chi connectivity index (χ2n) is 2.75. The fraction of sp³-hybridized carbons (Fsp3) is 0.500. The van der Waals surface area contributed by atoms with E-state index in [1.807, 2.05) is 6.92 Å². The minimum atomic E-state index is -0.345. The molecule has 1 aromatic heterocycles. The highest BCUT2D eigenvalue weighted by molar-refractivity contribution is 5.14. The van der Waals surface area contributed by atoms with Gasteiger partial charge in [0.1, 0.15) is 0 Å². The number of rotatable bonds is 1. The van der Waals surface area contributed by atoms with E-state index in [0.29, 0.717) is 12.0 Å². The summed E-state index contributed by atoms with van der Waals surface area (Å²) in [5.74, 6) is 0. The second kappa shape index (κ2) is 2.97. The van der Waals surface area contributed by atoms with Crippen LogP contribution in [0.25, 0.3) is 0 Å². The van der Waals surface area contributed by atoms with Gasteiger partial charge >= 0.3 is 5.69 Å². The van der Waals surface area contributed by atoms with Crippen molar-refractivity contribution in [3.63, 3.8) is 0 Å². The summed E-state index contributed by atoms with van der Waals surface area (Å²) in [7, 11) is 1.47. The van der Waals surface area contributed by atoms with Crippen molar-refractivity contribution in [2.75, 3.05) is 0 Å². The highest BCUT2D eigenvalue weighted by Crippen LogP contribution is 1.94. The van der Waals surface area contributed by atoms with E-state index in [0.717, 1.165) is 10.3 Å². The van der Waals surface area contributed by atoms with Crippen LogP contribution < -0.4 is 11.2 Å². The number of H-pyrrole nitrogens is 1. The molecule has 1 rings (SSSR count). The Morgan fingerprint density at radius 1 is 1.42 bits per heavy atom. The zero-order valence-electron chi connectivity index (χ0n) is 7.47. The Labute approximate surface area is 69.9 Å². The molecule has 4 heteroatoms. The Kier molecular flexibility index (Phi) is 2.17. The summed E-state index contributed by atoms with van der Waals surface area (Å²) >= 11 is 0. The Balaban J connectivity index is 3.61. The maximum atomic E-state index is 11.3. The predicted octanol–water partition coefficient (Wildman–Crippen LogP) is -0.0556. The van der Waals surface area contributed by atoms with Crippen LogP contribution >= 0.6 is 0 Å². The molecule has 1 aromatic rings. The summed E-state index contributed by atoms with van der Waals surface area (Å²) in [6.07, 6.45) is 0.678. The van der Waals surface area contributed by atoms with Crippen molar-refractivity contribution in [1.82, 2.24) is 9.55 Å². The van der Waals surface area contributed by atoms with Crippen molar-refractivity contribution in [2.24, 2.45) is 7.05 Å². The van der Waals surface area contributed by atoms with Gasteiger partial charge in [-0.15, -0.1) is 0 Å². The summed E-state index contributed by atoms with van der Waals surface area (Å²) in [5.41, 5.74) is 0.792. The number of hydrogen-bond donors (Lipinski definition) is 1. The first-order valence-corrected chi connectivity index (χ1v) is 3.86. The van der Waals surface area contributed by atoms with Gasteiger partial charge in [-0.2, -0.15) is 0 Å². The van der Waals surface area contributed by atoms with Gasteiger partial charge in [-0.3, -0.25) is 9.36 Å². The van der Waals surface area contributed by atoms with E-state index in [-0.39, 0.29) is 11.2 Å². The van der Waals surface area contributed by atoms with Crippen LogP contribution in [-0.2, 0) is 13.5 Å². The molecule has 0 amide bonds. The maximum Gasteiger partial charge on any atom is 0.328 e. The van der Waals surface area contributed by atoms with E-state index in [2.05, 4.69) is 4.98 Å². The van der Waals surface area contributed by atoms with E-state index in [1.54, 1.807) is 6.92 Å². The third-order valence-electron chi connectivity index (χ3n) is 1.99. The van der Waals surface area contributed by atoms with E-state index < -0.39 is 0 Å². The summed E-state index contributed by atoms with van der Waals surface area (Å²) in [5, 5.41) is 0. The normalized spacial score (nSPS) is 10.2. The lowest BCUT2D eigenvalue weighted by molar-refractivity contribution is 0.742. The number of nitrogens with zero attached hydrogens (tertiary/aromatic N) is 1. The molecule has 0 aliphatic carbocycles. The quantitative estimate of drug-likeness (QED) is 0.639. The average molecular weight is 168 g/mol. The molecule has 0 aliphatic rings. The third kappa shape index (κ3) is 1.20. The monoisotopic (exact) mass is 168 g/mol. The molecule has 1 N–H and O–H groups in total. The van der Waals surface area contributed by atoms with Crippen molar-refractivity contribution >= 4 is 0 Å². The highest BCUT2D eigenvalue weighted by atomic mass is 16.2. The lowest BCUT2D eigenvalue weighted by atomic mass is 10.2. The summed E-state index contributed by atoms with van der Waals surface area (Å²) < 4.78 is 1.08. The van der Waals surface area contributed by atoms with Gasteiger partial charge in [0, 0.05) is 18.3 Å². The van der Waals surface area contributed by atoms with Gasteiger partial charge in [-0.25, -0.2) is 4.79 Å². The Morgan fingerprint density at radius 2 is 2.00 bits per heavy atom. The van der Waals surface area contributed by atoms with E-state index in [1.165, 1.54) is 7.05 Å². The molecule has 66 valence electrons. The number of aromatic nitrogens is 2. The fourth-order valence-corrected chi connectivity index (χ4v) is 1.13. The van der Waals surface area contributed by atoms with Crippen molar-refractivity contribution in [3.05, 3.63) is 32.1 Å². The molecule has 4 nitrogen and oxygen atoms in total. The zero-order valence-corrected chi connectivity index (χ0v) is 7.47. The molecule has 0 atom stereocenters. The van der Waals surface area contributed by atoms with Gasteiger partial charge in [0.05, 0.1) is 0 Å². The van der Waals surface area contributed by atoms with Crippen LogP contribution in [0.1, 0.15) is 18.2 Å². The molecule has 0 aromatic carbocycles. The lowest BCUT2D eigenvalue weighted by Crippen LogP contribution is -2.35. The summed E-state index contributed by atoms with van der Waals surface area (Å²) in [4.78, 5) is 25.0. The Hall–Kier alpha value is -1.32. The van der Waals surface area contributed by atoms with Gasteiger partial charge in [-0.1, -0.05) is 6.92 Å². The first-order valence-electron chi connectivity index (χ1n) is 3.86. The number of hydrogen-bond acceptors (Lipinski definition) is 2. The zero-order chi connectivity index (χ0) is 9.30. The van der Waals surface area contributed by atoms with Crippen LogP contribution in [0, 0.1) is 6.92 Å². The summed E-state index contributed by atoms with van der Waals surface area (Å²) in [6.45, 7) is 3.62. The molecule has 0 unspecified atom stereocenters. The predicted molar refractivity (Wildman–Crippen MR) is 46.4 cm³/mol. The van der Waals surface area contributed by atoms with E-state index in [9.17, 15) is 9.59 Å². The molecule has 0 aliphatic heterocycles. The highest BCUT2D eigenvalue weighted by Gasteiger charge is 2.04. The van der Waals surface area contributed by atoms with E-state index >= 15 is 0 Å². The van der Waals surface area contributed by atoms with Crippen LogP contribution in [0.4, 0.5) is 0 Å². The largest absolute Gasteiger partial charge is 0.328 e. The SMILES string of the molecule is CCc1[nH]c(=O)n(C)c(=O)c1C. The smallest absolute Gasteiger partial charge is 0.311 e. The maximum absolute atomic E-state index is 11.3. The first-order chi connectivity index (χ1) is 5.57. The van der Waals surface area contributed by atoms with Crippen molar-refractivity contribution in [3.8, 4) is 0 Å². The van der Waals surface area contributed by atoms with Gasteiger partial charge in [0.15, 0.2) is 0 Å². The molecule has 0 bridgehead atoms. The van der Waals surface area contributed by atoms with Gasteiger partial charge in [0.25, 0.3) is 5.56 Å². The average Bonchev–Trinajstić information content (AvgIpc) is 2.08.